The molecule has 0 aliphatic rings. The lowest BCUT2D eigenvalue weighted by Crippen LogP contribution is -2.28. The highest BCUT2D eigenvalue weighted by Gasteiger charge is 1.98. The van der Waals surface area contributed by atoms with Gasteiger partial charge in [-0.15, -0.1) is 0 Å². The largest absolute Gasteiger partial charge is 0.497 e. The Balaban J connectivity index is 2.49. The third kappa shape index (κ3) is 5.17. The van der Waals surface area contributed by atoms with Crippen LogP contribution < -0.4 is 10.1 Å². The Labute approximate surface area is 101 Å². The number of carbonyl (C=O) groups excluding carboxylic acids is 1. The Morgan fingerprint density at radius 2 is 2.12 bits per heavy atom. The summed E-state index contributed by atoms with van der Waals surface area (Å²) in [4.78, 5) is 11.3. The van der Waals surface area contributed by atoms with Crippen LogP contribution in [-0.2, 0) is 4.79 Å². The summed E-state index contributed by atoms with van der Waals surface area (Å²) in [5.74, 6) is 0.558. The van der Waals surface area contributed by atoms with Crippen molar-refractivity contribution in [1.29, 1.82) is 0 Å². The standard InChI is InChI=1S/C13H17NO3/c1-10(15)9-14-13(16)8-5-11-3-6-12(17-2)7-4-11/h3-8,10,15H,9H2,1-2H3,(H,14,16). The summed E-state index contributed by atoms with van der Waals surface area (Å²) in [7, 11) is 1.61. The molecule has 1 aromatic carbocycles. The van der Waals surface area contributed by atoms with Crippen LogP contribution in [0.5, 0.6) is 5.75 Å². The number of benzene rings is 1. The number of ether oxygens (including phenoxy) is 1. The Kier molecular flexibility index (Phi) is 5.23. The van der Waals surface area contributed by atoms with Crippen molar-refractivity contribution in [2.75, 3.05) is 13.7 Å². The number of rotatable bonds is 5. The number of nitrogens with one attached hydrogen (secondary N) is 1. The van der Waals surface area contributed by atoms with Gasteiger partial charge in [0.25, 0.3) is 0 Å². The number of aliphatic hydroxyl groups excluding tert-OH is 1. The third-order valence-corrected chi connectivity index (χ3v) is 2.11. The lowest BCUT2D eigenvalue weighted by atomic mass is 10.2. The number of hydrogen-bond acceptors (Lipinski definition) is 3. The average molecular weight is 235 g/mol. The van der Waals surface area contributed by atoms with Crippen molar-refractivity contribution in [3.05, 3.63) is 35.9 Å². The fraction of sp³-hybridized carbons (Fsp3) is 0.308. The van der Waals surface area contributed by atoms with Crippen molar-refractivity contribution in [2.45, 2.75) is 13.0 Å². The minimum absolute atomic E-state index is 0.221. The highest BCUT2D eigenvalue weighted by atomic mass is 16.5. The Bertz CT molecular complexity index is 382. The van der Waals surface area contributed by atoms with E-state index in [2.05, 4.69) is 5.32 Å². The number of carbonyl (C=O) groups is 1. The fourth-order valence-electron chi connectivity index (χ4n) is 1.19. The number of hydrogen-bond donors (Lipinski definition) is 2. The van der Waals surface area contributed by atoms with Gasteiger partial charge in [0.1, 0.15) is 5.75 Å². The zero-order valence-electron chi connectivity index (χ0n) is 10.0. The fourth-order valence-corrected chi connectivity index (χ4v) is 1.19. The summed E-state index contributed by atoms with van der Waals surface area (Å²) in [6.07, 6.45) is 2.61. The minimum atomic E-state index is -0.534. The van der Waals surface area contributed by atoms with E-state index in [0.29, 0.717) is 0 Å². The van der Waals surface area contributed by atoms with Crippen molar-refractivity contribution in [1.82, 2.24) is 5.32 Å². The molecule has 0 aliphatic carbocycles. The van der Waals surface area contributed by atoms with Crippen molar-refractivity contribution in [2.24, 2.45) is 0 Å². The van der Waals surface area contributed by atoms with Gasteiger partial charge in [0, 0.05) is 12.6 Å². The molecule has 0 fully saturated rings. The van der Waals surface area contributed by atoms with Gasteiger partial charge in [-0.1, -0.05) is 12.1 Å². The van der Waals surface area contributed by atoms with Crippen molar-refractivity contribution >= 4 is 12.0 Å². The molecule has 1 amide bonds. The van der Waals surface area contributed by atoms with E-state index >= 15 is 0 Å². The van der Waals surface area contributed by atoms with Gasteiger partial charge in [-0.3, -0.25) is 4.79 Å². The molecule has 92 valence electrons. The molecule has 4 nitrogen and oxygen atoms in total. The molecular weight excluding hydrogens is 218 g/mol. The second-order valence-corrected chi connectivity index (χ2v) is 3.70. The second-order valence-electron chi connectivity index (χ2n) is 3.70. The molecule has 0 radical (unpaired) electrons. The predicted octanol–water partition coefficient (Wildman–Crippen LogP) is 1.21. The highest BCUT2D eigenvalue weighted by molar-refractivity contribution is 5.91. The van der Waals surface area contributed by atoms with Gasteiger partial charge in [-0.2, -0.15) is 0 Å². The molecule has 0 aromatic heterocycles. The summed E-state index contributed by atoms with van der Waals surface area (Å²) in [5.41, 5.74) is 0.915. The molecule has 0 saturated heterocycles. The van der Waals surface area contributed by atoms with Crippen LogP contribution in [0.4, 0.5) is 0 Å². The maximum Gasteiger partial charge on any atom is 0.244 e. The van der Waals surface area contributed by atoms with Gasteiger partial charge in [-0.05, 0) is 30.7 Å². The Morgan fingerprint density at radius 3 is 2.65 bits per heavy atom. The lowest BCUT2D eigenvalue weighted by Gasteiger charge is -2.03. The smallest absolute Gasteiger partial charge is 0.244 e. The monoisotopic (exact) mass is 235 g/mol. The van der Waals surface area contributed by atoms with Crippen molar-refractivity contribution in [3.63, 3.8) is 0 Å². The van der Waals surface area contributed by atoms with Crippen LogP contribution in [-0.4, -0.2) is 30.8 Å². The maximum absolute atomic E-state index is 11.3. The topological polar surface area (TPSA) is 58.6 Å². The van der Waals surface area contributed by atoms with Gasteiger partial charge in [-0.25, -0.2) is 0 Å². The van der Waals surface area contributed by atoms with Gasteiger partial charge in [0.05, 0.1) is 13.2 Å². The first kappa shape index (κ1) is 13.3. The van der Waals surface area contributed by atoms with E-state index in [1.807, 2.05) is 24.3 Å². The normalized spacial score (nSPS) is 12.4. The van der Waals surface area contributed by atoms with E-state index in [0.717, 1.165) is 11.3 Å². The molecule has 0 aliphatic heterocycles. The summed E-state index contributed by atoms with van der Waals surface area (Å²) in [6.45, 7) is 1.87. The van der Waals surface area contributed by atoms with Crippen LogP contribution in [0.3, 0.4) is 0 Å². The second kappa shape index (κ2) is 6.70. The third-order valence-electron chi connectivity index (χ3n) is 2.11. The molecule has 4 heteroatoms. The van der Waals surface area contributed by atoms with Crippen LogP contribution in [0.2, 0.25) is 0 Å². The quantitative estimate of drug-likeness (QED) is 0.754. The lowest BCUT2D eigenvalue weighted by molar-refractivity contribution is -0.116. The molecule has 0 bridgehead atoms. The number of amides is 1. The summed E-state index contributed by atoms with van der Waals surface area (Å²) in [6, 6.07) is 7.37. The molecule has 0 heterocycles. The summed E-state index contributed by atoms with van der Waals surface area (Å²) in [5, 5.41) is 11.6. The minimum Gasteiger partial charge on any atom is -0.497 e. The summed E-state index contributed by atoms with van der Waals surface area (Å²) >= 11 is 0. The molecular formula is C13H17NO3. The SMILES string of the molecule is COc1ccc(C=CC(=O)NCC(C)O)cc1. The first-order valence-electron chi connectivity index (χ1n) is 5.40. The average Bonchev–Trinajstić information content (AvgIpc) is 2.34. The molecule has 2 N–H and O–H groups in total. The van der Waals surface area contributed by atoms with Gasteiger partial charge >= 0.3 is 0 Å². The van der Waals surface area contributed by atoms with Crippen LogP contribution in [0.25, 0.3) is 6.08 Å². The van der Waals surface area contributed by atoms with Crippen LogP contribution in [0, 0.1) is 0 Å². The molecule has 0 spiro atoms. The highest BCUT2D eigenvalue weighted by Crippen LogP contribution is 2.11. The first-order valence-corrected chi connectivity index (χ1v) is 5.40. The Hall–Kier alpha value is -1.81. The van der Waals surface area contributed by atoms with Gasteiger partial charge in [0.15, 0.2) is 0 Å². The maximum atomic E-state index is 11.3. The van der Waals surface area contributed by atoms with E-state index in [1.165, 1.54) is 6.08 Å². The number of methoxy groups -OCH3 is 1. The van der Waals surface area contributed by atoms with E-state index in [1.54, 1.807) is 20.1 Å². The predicted molar refractivity (Wildman–Crippen MR) is 66.7 cm³/mol. The van der Waals surface area contributed by atoms with Crippen LogP contribution >= 0.6 is 0 Å². The number of aliphatic hydroxyl groups is 1. The Morgan fingerprint density at radius 1 is 1.47 bits per heavy atom. The zero-order chi connectivity index (χ0) is 12.7. The van der Waals surface area contributed by atoms with Crippen LogP contribution in [0.15, 0.2) is 30.3 Å². The van der Waals surface area contributed by atoms with E-state index < -0.39 is 6.10 Å². The molecule has 1 atom stereocenters. The van der Waals surface area contributed by atoms with Crippen LogP contribution in [0.1, 0.15) is 12.5 Å². The molecule has 0 saturated carbocycles. The van der Waals surface area contributed by atoms with Crippen molar-refractivity contribution < 1.29 is 14.6 Å². The zero-order valence-corrected chi connectivity index (χ0v) is 10.0. The molecule has 1 unspecified atom stereocenters. The van der Waals surface area contributed by atoms with E-state index in [4.69, 9.17) is 9.84 Å². The van der Waals surface area contributed by atoms with Crippen molar-refractivity contribution in [3.8, 4) is 5.75 Å². The van der Waals surface area contributed by atoms with E-state index in [9.17, 15) is 4.79 Å². The van der Waals surface area contributed by atoms with E-state index in [-0.39, 0.29) is 12.5 Å². The molecule has 17 heavy (non-hydrogen) atoms. The van der Waals surface area contributed by atoms with Gasteiger partial charge < -0.3 is 15.2 Å². The molecule has 1 rings (SSSR count). The first-order chi connectivity index (χ1) is 8.11. The molecule has 1 aromatic rings. The summed E-state index contributed by atoms with van der Waals surface area (Å²) < 4.78 is 5.03. The van der Waals surface area contributed by atoms with Gasteiger partial charge in [0.2, 0.25) is 5.91 Å².